The Hall–Kier alpha value is -2.02. The Morgan fingerprint density at radius 1 is 1.40 bits per heavy atom. The van der Waals surface area contributed by atoms with Crippen molar-refractivity contribution in [2.75, 3.05) is 11.9 Å². The second kappa shape index (κ2) is 5.54. The Morgan fingerprint density at radius 2 is 2.00 bits per heavy atom. The molecular weight excluding hydrogens is 250 g/mol. The molecule has 20 heavy (non-hydrogen) atoms. The van der Waals surface area contributed by atoms with Crippen molar-refractivity contribution in [1.82, 2.24) is 5.32 Å². The van der Waals surface area contributed by atoms with E-state index in [0.717, 1.165) is 29.7 Å². The zero-order valence-corrected chi connectivity index (χ0v) is 12.3. The van der Waals surface area contributed by atoms with Crippen LogP contribution in [0.4, 0.5) is 5.69 Å². The highest BCUT2D eigenvalue weighted by molar-refractivity contribution is 5.82. The third-order valence-corrected chi connectivity index (χ3v) is 3.93. The van der Waals surface area contributed by atoms with Crippen LogP contribution in [0.25, 0.3) is 0 Å². The average molecular weight is 271 g/mol. The molecule has 0 heterocycles. The van der Waals surface area contributed by atoms with Crippen LogP contribution in [-0.2, 0) is 4.79 Å². The van der Waals surface area contributed by atoms with E-state index in [-0.39, 0.29) is 12.5 Å². The van der Waals surface area contributed by atoms with Crippen molar-refractivity contribution in [1.29, 1.82) is 5.26 Å². The van der Waals surface area contributed by atoms with Gasteiger partial charge in [-0.05, 0) is 50.7 Å². The van der Waals surface area contributed by atoms with Crippen molar-refractivity contribution >= 4 is 11.6 Å². The van der Waals surface area contributed by atoms with Gasteiger partial charge in [-0.1, -0.05) is 18.2 Å². The summed E-state index contributed by atoms with van der Waals surface area (Å²) in [5.74, 6) is 0.167. The van der Waals surface area contributed by atoms with Gasteiger partial charge in [0.2, 0.25) is 5.91 Å². The molecule has 1 aliphatic carbocycles. The molecule has 106 valence electrons. The van der Waals surface area contributed by atoms with Crippen molar-refractivity contribution in [3.8, 4) is 6.07 Å². The largest absolute Gasteiger partial charge is 0.376 e. The lowest BCUT2D eigenvalue weighted by Gasteiger charge is -2.23. The summed E-state index contributed by atoms with van der Waals surface area (Å²) in [7, 11) is 0. The molecule has 1 aromatic rings. The van der Waals surface area contributed by atoms with Crippen molar-refractivity contribution in [3.63, 3.8) is 0 Å². The van der Waals surface area contributed by atoms with Crippen molar-refractivity contribution < 1.29 is 4.79 Å². The van der Waals surface area contributed by atoms with Crippen LogP contribution in [0.15, 0.2) is 18.2 Å². The molecule has 1 amide bonds. The molecule has 2 N–H and O–H groups in total. The molecule has 0 aromatic heterocycles. The molecule has 4 nitrogen and oxygen atoms in total. The third kappa shape index (κ3) is 3.11. The van der Waals surface area contributed by atoms with Gasteiger partial charge in [-0.3, -0.25) is 4.79 Å². The lowest BCUT2D eigenvalue weighted by atomic mass is 9.98. The first-order valence-corrected chi connectivity index (χ1v) is 6.98. The number of carbonyl (C=O) groups excluding carboxylic acids is 1. The van der Waals surface area contributed by atoms with E-state index >= 15 is 0 Å². The highest BCUT2D eigenvalue weighted by Gasteiger charge is 2.42. The molecule has 1 aliphatic rings. The van der Waals surface area contributed by atoms with Crippen LogP contribution in [0.3, 0.4) is 0 Å². The quantitative estimate of drug-likeness (QED) is 0.865. The number of amides is 1. The summed E-state index contributed by atoms with van der Waals surface area (Å²) in [6, 6.07) is 8.25. The van der Waals surface area contributed by atoms with Crippen molar-refractivity contribution in [2.24, 2.45) is 5.92 Å². The maximum absolute atomic E-state index is 12.0. The molecule has 1 unspecified atom stereocenters. The number of nitrogens with zero attached hydrogens (tertiary/aromatic N) is 1. The summed E-state index contributed by atoms with van der Waals surface area (Å²) in [6.07, 6.45) is 2.04. The predicted octanol–water partition coefficient (Wildman–Crippen LogP) is 2.52. The fourth-order valence-electron chi connectivity index (χ4n) is 2.48. The number of anilines is 1. The lowest BCUT2D eigenvalue weighted by Crippen LogP contribution is -2.48. The van der Waals surface area contributed by atoms with Crippen molar-refractivity contribution in [3.05, 3.63) is 29.3 Å². The predicted molar refractivity (Wildman–Crippen MR) is 79.3 cm³/mol. The molecule has 1 aromatic carbocycles. The summed E-state index contributed by atoms with van der Waals surface area (Å²) in [5, 5.41) is 15.3. The molecule has 0 aliphatic heterocycles. The standard InChI is InChI=1S/C16H21N3O/c1-11-5-4-6-12(2)15(11)18-9-14(20)19-16(3,10-17)13-7-8-13/h4-6,13,18H,7-9H2,1-3H3,(H,19,20). The van der Waals surface area contributed by atoms with Gasteiger partial charge in [-0.15, -0.1) is 0 Å². The normalized spacial score (nSPS) is 16.9. The van der Waals surface area contributed by atoms with E-state index in [1.165, 1.54) is 0 Å². The Kier molecular flexibility index (Phi) is 3.99. The molecular formula is C16H21N3O. The first-order valence-electron chi connectivity index (χ1n) is 6.98. The second-order valence-electron chi connectivity index (χ2n) is 5.76. The highest BCUT2D eigenvalue weighted by Crippen LogP contribution is 2.39. The van der Waals surface area contributed by atoms with Gasteiger partial charge in [0.05, 0.1) is 12.6 Å². The minimum Gasteiger partial charge on any atom is -0.376 e. The molecule has 0 spiro atoms. The zero-order chi connectivity index (χ0) is 14.8. The minimum atomic E-state index is -0.723. The van der Waals surface area contributed by atoms with Crippen LogP contribution < -0.4 is 10.6 Å². The fraction of sp³-hybridized carbons (Fsp3) is 0.500. The number of para-hydroxylation sites is 1. The summed E-state index contributed by atoms with van der Waals surface area (Å²) in [6.45, 7) is 6.02. The van der Waals surface area contributed by atoms with Gasteiger partial charge < -0.3 is 10.6 Å². The SMILES string of the molecule is Cc1cccc(C)c1NCC(=O)NC(C)(C#N)C1CC1. The molecule has 0 radical (unpaired) electrons. The Bertz CT molecular complexity index is 537. The molecule has 1 atom stereocenters. The number of hydrogen-bond donors (Lipinski definition) is 2. The maximum atomic E-state index is 12.0. The van der Waals surface area contributed by atoms with Gasteiger partial charge in [0.25, 0.3) is 0 Å². The molecule has 2 rings (SSSR count). The fourth-order valence-corrected chi connectivity index (χ4v) is 2.48. The van der Waals surface area contributed by atoms with Crippen LogP contribution in [-0.4, -0.2) is 18.0 Å². The van der Waals surface area contributed by atoms with Gasteiger partial charge >= 0.3 is 0 Å². The van der Waals surface area contributed by atoms with Gasteiger partial charge in [0.1, 0.15) is 5.54 Å². The van der Waals surface area contributed by atoms with Gasteiger partial charge in [-0.2, -0.15) is 5.26 Å². The Labute approximate surface area is 120 Å². The molecule has 1 saturated carbocycles. The van der Waals surface area contributed by atoms with E-state index in [1.54, 1.807) is 0 Å². The summed E-state index contributed by atoms with van der Waals surface area (Å²) in [4.78, 5) is 12.0. The number of nitriles is 1. The molecule has 4 heteroatoms. The molecule has 0 saturated heterocycles. The number of nitrogens with one attached hydrogen (secondary N) is 2. The Balaban J connectivity index is 1.94. The lowest BCUT2D eigenvalue weighted by molar-refractivity contribution is -0.120. The zero-order valence-electron chi connectivity index (χ0n) is 12.3. The molecule has 1 fully saturated rings. The number of aryl methyl sites for hydroxylation is 2. The molecule has 0 bridgehead atoms. The first kappa shape index (κ1) is 14.4. The van der Waals surface area contributed by atoms with Gasteiger partial charge in [0.15, 0.2) is 0 Å². The van der Waals surface area contributed by atoms with E-state index in [0.29, 0.717) is 5.92 Å². The first-order chi connectivity index (χ1) is 9.46. The second-order valence-corrected chi connectivity index (χ2v) is 5.76. The summed E-state index contributed by atoms with van der Waals surface area (Å²) < 4.78 is 0. The van der Waals surface area contributed by atoms with Crippen LogP contribution >= 0.6 is 0 Å². The van der Waals surface area contributed by atoms with Crippen LogP contribution in [0.2, 0.25) is 0 Å². The van der Waals surface area contributed by atoms with E-state index in [1.807, 2.05) is 39.0 Å². The van der Waals surface area contributed by atoms with E-state index in [2.05, 4.69) is 16.7 Å². The van der Waals surface area contributed by atoms with Crippen molar-refractivity contribution in [2.45, 2.75) is 39.2 Å². The summed E-state index contributed by atoms with van der Waals surface area (Å²) in [5.41, 5.74) is 2.50. The van der Waals surface area contributed by atoms with Crippen LogP contribution in [0.1, 0.15) is 30.9 Å². The van der Waals surface area contributed by atoms with E-state index < -0.39 is 5.54 Å². The average Bonchev–Trinajstić information content (AvgIpc) is 3.22. The highest BCUT2D eigenvalue weighted by atomic mass is 16.2. The van der Waals surface area contributed by atoms with E-state index in [9.17, 15) is 10.1 Å². The summed E-state index contributed by atoms with van der Waals surface area (Å²) >= 11 is 0. The number of benzene rings is 1. The monoisotopic (exact) mass is 271 g/mol. The topological polar surface area (TPSA) is 64.9 Å². The van der Waals surface area contributed by atoms with Gasteiger partial charge in [-0.25, -0.2) is 0 Å². The number of hydrogen-bond acceptors (Lipinski definition) is 3. The smallest absolute Gasteiger partial charge is 0.240 e. The minimum absolute atomic E-state index is 0.136. The number of rotatable bonds is 5. The van der Waals surface area contributed by atoms with Gasteiger partial charge in [0, 0.05) is 5.69 Å². The van der Waals surface area contributed by atoms with Crippen LogP contribution in [0, 0.1) is 31.1 Å². The Morgan fingerprint density at radius 3 is 2.50 bits per heavy atom. The number of carbonyl (C=O) groups is 1. The maximum Gasteiger partial charge on any atom is 0.240 e. The van der Waals surface area contributed by atoms with Crippen LogP contribution in [0.5, 0.6) is 0 Å². The third-order valence-electron chi connectivity index (χ3n) is 3.93. The van der Waals surface area contributed by atoms with E-state index in [4.69, 9.17) is 0 Å².